The van der Waals surface area contributed by atoms with Crippen LogP contribution in [0.15, 0.2) is 22.5 Å². The first-order valence-electron chi connectivity index (χ1n) is 8.05. The zero-order chi connectivity index (χ0) is 18.6. The molecule has 0 bridgehead atoms. The molecular weight excluding hydrogens is 376 g/mol. The second-order valence-electron chi connectivity index (χ2n) is 6.45. The standard InChI is InChI=1S/C17H23ClN4OS2/c1-6-17(4,5)20-14(23)11(3)24-16-22-21-15(25-16)19-12-8-7-10(2)13(18)9-12/h7-9,11H,6H2,1-5H3,(H,19,21)(H,20,23). The maximum absolute atomic E-state index is 12.3. The number of nitrogens with one attached hydrogen (secondary N) is 2. The van der Waals surface area contributed by atoms with Crippen LogP contribution in [0.2, 0.25) is 5.02 Å². The summed E-state index contributed by atoms with van der Waals surface area (Å²) in [6.45, 7) is 9.92. The summed E-state index contributed by atoms with van der Waals surface area (Å²) in [6.07, 6.45) is 0.877. The predicted molar refractivity (Wildman–Crippen MR) is 107 cm³/mol. The van der Waals surface area contributed by atoms with Crippen LogP contribution in [0.3, 0.4) is 0 Å². The van der Waals surface area contributed by atoms with Gasteiger partial charge in [0.2, 0.25) is 11.0 Å². The smallest absolute Gasteiger partial charge is 0.233 e. The number of nitrogens with zero attached hydrogens (tertiary/aromatic N) is 2. The van der Waals surface area contributed by atoms with Crippen molar-refractivity contribution in [1.82, 2.24) is 15.5 Å². The molecule has 2 N–H and O–H groups in total. The highest BCUT2D eigenvalue weighted by Crippen LogP contribution is 2.31. The van der Waals surface area contributed by atoms with Crippen LogP contribution >= 0.6 is 34.7 Å². The van der Waals surface area contributed by atoms with Crippen molar-refractivity contribution in [2.45, 2.75) is 56.2 Å². The SMILES string of the molecule is CCC(C)(C)NC(=O)C(C)Sc1nnc(Nc2ccc(C)c(Cl)c2)s1. The van der Waals surface area contributed by atoms with Gasteiger partial charge in [0.25, 0.3) is 0 Å². The molecule has 0 spiro atoms. The maximum atomic E-state index is 12.3. The molecule has 1 aromatic carbocycles. The molecule has 0 radical (unpaired) electrons. The van der Waals surface area contributed by atoms with Crippen molar-refractivity contribution in [2.24, 2.45) is 0 Å². The van der Waals surface area contributed by atoms with E-state index in [1.807, 2.05) is 45.9 Å². The van der Waals surface area contributed by atoms with Crippen LogP contribution in [0.25, 0.3) is 0 Å². The Morgan fingerprint density at radius 2 is 2.12 bits per heavy atom. The van der Waals surface area contributed by atoms with Crippen LogP contribution in [0.1, 0.15) is 39.7 Å². The molecule has 0 aliphatic heterocycles. The number of anilines is 2. The molecule has 1 atom stereocenters. The normalized spacial score (nSPS) is 12.7. The fourth-order valence-corrected chi connectivity index (χ4v) is 3.93. The highest BCUT2D eigenvalue weighted by Gasteiger charge is 2.23. The molecule has 25 heavy (non-hydrogen) atoms. The number of thioether (sulfide) groups is 1. The molecule has 2 rings (SSSR count). The lowest BCUT2D eigenvalue weighted by molar-refractivity contribution is -0.121. The number of hydrogen-bond donors (Lipinski definition) is 2. The predicted octanol–water partition coefficient (Wildman–Crippen LogP) is 5.03. The van der Waals surface area contributed by atoms with Gasteiger partial charge in [0.15, 0.2) is 4.34 Å². The quantitative estimate of drug-likeness (QED) is 0.640. The Bertz CT molecular complexity index is 748. The molecule has 1 aromatic heterocycles. The van der Waals surface area contributed by atoms with E-state index in [1.165, 1.54) is 23.1 Å². The van der Waals surface area contributed by atoms with Crippen molar-refractivity contribution in [1.29, 1.82) is 0 Å². The summed E-state index contributed by atoms with van der Waals surface area (Å²) in [5.74, 6) is 0.00637. The van der Waals surface area contributed by atoms with Crippen LogP contribution in [0.5, 0.6) is 0 Å². The number of hydrogen-bond acceptors (Lipinski definition) is 6. The Labute approximate surface area is 162 Å². The Kier molecular flexibility index (Phi) is 6.71. The first-order chi connectivity index (χ1) is 11.7. The number of aromatic nitrogens is 2. The van der Waals surface area contributed by atoms with Crippen LogP contribution < -0.4 is 10.6 Å². The van der Waals surface area contributed by atoms with E-state index >= 15 is 0 Å². The minimum absolute atomic E-state index is 0.00637. The average molecular weight is 399 g/mol. The monoisotopic (exact) mass is 398 g/mol. The minimum Gasteiger partial charge on any atom is -0.350 e. The molecule has 0 fully saturated rings. The minimum atomic E-state index is -0.236. The first-order valence-corrected chi connectivity index (χ1v) is 10.1. The molecule has 2 aromatic rings. The molecule has 5 nitrogen and oxygen atoms in total. The summed E-state index contributed by atoms with van der Waals surface area (Å²) in [7, 11) is 0. The number of halogens is 1. The second-order valence-corrected chi connectivity index (χ2v) is 9.42. The maximum Gasteiger partial charge on any atom is 0.233 e. The van der Waals surface area contributed by atoms with Crippen molar-refractivity contribution in [2.75, 3.05) is 5.32 Å². The van der Waals surface area contributed by atoms with Crippen molar-refractivity contribution in [3.63, 3.8) is 0 Å². The van der Waals surface area contributed by atoms with Gasteiger partial charge in [-0.05, 0) is 51.8 Å². The van der Waals surface area contributed by atoms with E-state index in [-0.39, 0.29) is 16.7 Å². The van der Waals surface area contributed by atoms with Crippen molar-refractivity contribution in [3.8, 4) is 0 Å². The van der Waals surface area contributed by atoms with Crippen molar-refractivity contribution >= 4 is 51.4 Å². The summed E-state index contributed by atoms with van der Waals surface area (Å²) >= 11 is 8.95. The summed E-state index contributed by atoms with van der Waals surface area (Å²) in [5.41, 5.74) is 1.68. The fourth-order valence-electron chi connectivity index (χ4n) is 1.83. The second kappa shape index (κ2) is 8.38. The van der Waals surface area contributed by atoms with Gasteiger partial charge in [0.05, 0.1) is 5.25 Å². The molecule has 0 aliphatic rings. The van der Waals surface area contributed by atoms with Gasteiger partial charge in [-0.1, -0.05) is 47.7 Å². The van der Waals surface area contributed by atoms with Gasteiger partial charge < -0.3 is 10.6 Å². The largest absolute Gasteiger partial charge is 0.350 e. The Balaban J connectivity index is 1.96. The van der Waals surface area contributed by atoms with Gasteiger partial charge in [-0.15, -0.1) is 10.2 Å². The van der Waals surface area contributed by atoms with E-state index in [0.717, 1.165) is 22.0 Å². The Morgan fingerprint density at radius 1 is 1.40 bits per heavy atom. The van der Waals surface area contributed by atoms with E-state index in [1.54, 1.807) is 0 Å². The average Bonchev–Trinajstić information content (AvgIpc) is 2.97. The summed E-state index contributed by atoms with van der Waals surface area (Å²) in [6, 6.07) is 5.75. The van der Waals surface area contributed by atoms with Crippen molar-refractivity contribution in [3.05, 3.63) is 28.8 Å². The Morgan fingerprint density at radius 3 is 2.76 bits per heavy atom. The summed E-state index contributed by atoms with van der Waals surface area (Å²) < 4.78 is 0.748. The fraction of sp³-hybridized carbons (Fsp3) is 0.471. The van der Waals surface area contributed by atoms with E-state index < -0.39 is 0 Å². The third kappa shape index (κ3) is 5.87. The van der Waals surface area contributed by atoms with Gasteiger partial charge in [-0.3, -0.25) is 4.79 Å². The number of benzene rings is 1. The van der Waals surface area contributed by atoms with Crippen molar-refractivity contribution < 1.29 is 4.79 Å². The Hall–Kier alpha value is -1.31. The highest BCUT2D eigenvalue weighted by atomic mass is 35.5. The van der Waals surface area contributed by atoms with E-state index in [4.69, 9.17) is 11.6 Å². The van der Waals surface area contributed by atoms with Gasteiger partial charge in [0.1, 0.15) is 0 Å². The molecule has 1 unspecified atom stereocenters. The zero-order valence-electron chi connectivity index (χ0n) is 15.0. The van der Waals surface area contributed by atoms with Crippen LogP contribution in [0, 0.1) is 6.92 Å². The molecule has 0 aliphatic carbocycles. The van der Waals surface area contributed by atoms with E-state index in [0.29, 0.717) is 10.2 Å². The van der Waals surface area contributed by atoms with Gasteiger partial charge in [-0.2, -0.15) is 0 Å². The lowest BCUT2D eigenvalue weighted by Gasteiger charge is -2.26. The summed E-state index contributed by atoms with van der Waals surface area (Å²) in [5, 5.41) is 15.7. The molecular formula is C17H23ClN4OS2. The number of amides is 1. The van der Waals surface area contributed by atoms with Crippen LogP contribution in [-0.2, 0) is 4.79 Å². The van der Waals surface area contributed by atoms with E-state index in [2.05, 4.69) is 27.8 Å². The topological polar surface area (TPSA) is 66.9 Å². The third-order valence-electron chi connectivity index (χ3n) is 3.82. The van der Waals surface area contributed by atoms with Crippen LogP contribution in [-0.4, -0.2) is 26.9 Å². The lowest BCUT2D eigenvalue weighted by atomic mass is 10.0. The molecule has 1 heterocycles. The van der Waals surface area contributed by atoms with Gasteiger partial charge in [0, 0.05) is 16.2 Å². The van der Waals surface area contributed by atoms with Gasteiger partial charge in [-0.25, -0.2) is 0 Å². The third-order valence-corrected chi connectivity index (χ3v) is 6.25. The number of rotatable bonds is 7. The molecule has 8 heteroatoms. The highest BCUT2D eigenvalue weighted by molar-refractivity contribution is 8.02. The lowest BCUT2D eigenvalue weighted by Crippen LogP contribution is -2.46. The zero-order valence-corrected chi connectivity index (χ0v) is 17.4. The summed E-state index contributed by atoms with van der Waals surface area (Å²) in [4.78, 5) is 12.3. The molecule has 0 saturated carbocycles. The van der Waals surface area contributed by atoms with E-state index in [9.17, 15) is 4.79 Å². The first kappa shape index (κ1) is 20.0. The number of aryl methyl sites for hydroxylation is 1. The molecule has 136 valence electrons. The molecule has 0 saturated heterocycles. The van der Waals surface area contributed by atoms with Crippen LogP contribution in [0.4, 0.5) is 10.8 Å². The number of carbonyl (C=O) groups excluding carboxylic acids is 1. The molecule has 1 amide bonds. The number of carbonyl (C=O) groups is 1. The van der Waals surface area contributed by atoms with Gasteiger partial charge >= 0.3 is 0 Å².